The zero-order valence-electron chi connectivity index (χ0n) is 15.0. The highest BCUT2D eigenvalue weighted by Gasteiger charge is 2.46. The fourth-order valence-corrected chi connectivity index (χ4v) is 3.52. The van der Waals surface area contributed by atoms with Crippen molar-refractivity contribution < 1.29 is 23.1 Å². The second-order valence-electron chi connectivity index (χ2n) is 6.81. The average Bonchev–Trinajstić information content (AvgIpc) is 3.15. The van der Waals surface area contributed by atoms with Gasteiger partial charge < -0.3 is 10.1 Å². The van der Waals surface area contributed by atoms with E-state index in [1.54, 1.807) is 18.2 Å². The van der Waals surface area contributed by atoms with Crippen LogP contribution in [0.3, 0.4) is 0 Å². The summed E-state index contributed by atoms with van der Waals surface area (Å²) < 4.78 is 32.7. The molecule has 0 bridgehead atoms. The molecule has 1 aliphatic rings. The lowest BCUT2D eigenvalue weighted by atomic mass is 9.78. The van der Waals surface area contributed by atoms with Gasteiger partial charge in [-0.1, -0.05) is 31.0 Å². The third kappa shape index (κ3) is 3.99. The van der Waals surface area contributed by atoms with Crippen LogP contribution in [-0.2, 0) is 19.7 Å². The summed E-state index contributed by atoms with van der Waals surface area (Å²) in [7, 11) is 0. The molecule has 0 saturated heterocycles. The molecule has 1 aliphatic carbocycles. The van der Waals surface area contributed by atoms with Gasteiger partial charge in [0, 0.05) is 11.3 Å². The smallest absolute Gasteiger partial charge is 0.317 e. The fraction of sp³-hybridized carbons (Fsp3) is 0.333. The molecular weight excluding hydrogens is 352 g/mol. The van der Waals surface area contributed by atoms with Crippen LogP contribution < -0.4 is 5.32 Å². The van der Waals surface area contributed by atoms with Crippen molar-refractivity contribution in [2.24, 2.45) is 0 Å². The Bertz CT molecular complexity index is 830. The maximum Gasteiger partial charge on any atom is 0.317 e. The van der Waals surface area contributed by atoms with Gasteiger partial charge in [0.25, 0.3) is 5.91 Å². The lowest BCUT2D eigenvalue weighted by molar-refractivity contribution is -0.159. The highest BCUT2D eigenvalue weighted by atomic mass is 19.1. The maximum absolute atomic E-state index is 14.3. The van der Waals surface area contributed by atoms with Crippen molar-refractivity contribution in [3.63, 3.8) is 0 Å². The maximum atomic E-state index is 14.3. The number of rotatable bonds is 5. The van der Waals surface area contributed by atoms with Crippen LogP contribution in [0.5, 0.6) is 0 Å². The quantitative estimate of drug-likeness (QED) is 0.793. The van der Waals surface area contributed by atoms with Crippen LogP contribution in [0.1, 0.15) is 38.2 Å². The van der Waals surface area contributed by atoms with E-state index in [4.69, 9.17) is 4.74 Å². The van der Waals surface area contributed by atoms with Crippen molar-refractivity contribution in [2.45, 2.75) is 44.1 Å². The molecule has 6 heteroatoms. The highest BCUT2D eigenvalue weighted by molar-refractivity contribution is 5.96. The molecule has 1 saturated carbocycles. The van der Waals surface area contributed by atoms with Gasteiger partial charge >= 0.3 is 5.97 Å². The topological polar surface area (TPSA) is 55.4 Å². The van der Waals surface area contributed by atoms with E-state index >= 15 is 0 Å². The monoisotopic (exact) mass is 373 g/mol. The summed E-state index contributed by atoms with van der Waals surface area (Å²) in [6, 6.07) is 11.5. The molecule has 0 aliphatic heterocycles. The van der Waals surface area contributed by atoms with Gasteiger partial charge in [0.05, 0.1) is 5.41 Å². The van der Waals surface area contributed by atoms with E-state index in [1.165, 1.54) is 37.3 Å². The molecule has 0 heterocycles. The van der Waals surface area contributed by atoms with Gasteiger partial charge in [0.2, 0.25) is 0 Å². The van der Waals surface area contributed by atoms with Crippen LogP contribution >= 0.6 is 0 Å². The first-order chi connectivity index (χ1) is 12.9. The van der Waals surface area contributed by atoms with Crippen molar-refractivity contribution >= 4 is 17.6 Å². The number of esters is 1. The molecule has 27 heavy (non-hydrogen) atoms. The number of anilines is 1. The van der Waals surface area contributed by atoms with Crippen LogP contribution in [-0.4, -0.2) is 18.0 Å². The Balaban J connectivity index is 1.73. The molecule has 4 nitrogen and oxygen atoms in total. The van der Waals surface area contributed by atoms with Gasteiger partial charge in [-0.2, -0.15) is 0 Å². The van der Waals surface area contributed by atoms with E-state index in [2.05, 4.69) is 5.32 Å². The van der Waals surface area contributed by atoms with Crippen LogP contribution in [0.15, 0.2) is 48.5 Å². The first-order valence-electron chi connectivity index (χ1n) is 8.95. The minimum absolute atomic E-state index is 0.318. The normalized spacial score (nSPS) is 16.6. The Morgan fingerprint density at radius 3 is 2.30 bits per heavy atom. The van der Waals surface area contributed by atoms with Crippen molar-refractivity contribution in [2.75, 3.05) is 5.32 Å². The predicted molar refractivity (Wildman–Crippen MR) is 97.1 cm³/mol. The van der Waals surface area contributed by atoms with Crippen LogP contribution in [0.2, 0.25) is 0 Å². The number of hydrogen-bond acceptors (Lipinski definition) is 3. The largest absolute Gasteiger partial charge is 0.452 e. The SMILES string of the molecule is C[C@H](OC(=O)C1(c2ccccc2F)CCCC1)C(=O)Nc1ccc(F)cc1. The summed E-state index contributed by atoms with van der Waals surface area (Å²) in [5.74, 6) is -1.98. The van der Waals surface area contributed by atoms with Gasteiger partial charge in [-0.25, -0.2) is 8.78 Å². The zero-order valence-corrected chi connectivity index (χ0v) is 15.0. The van der Waals surface area contributed by atoms with Gasteiger partial charge in [-0.05, 0) is 50.1 Å². The van der Waals surface area contributed by atoms with Crippen molar-refractivity contribution in [3.8, 4) is 0 Å². The highest BCUT2D eigenvalue weighted by Crippen LogP contribution is 2.43. The molecular formula is C21H21F2NO3. The summed E-state index contributed by atoms with van der Waals surface area (Å²) in [6.45, 7) is 1.46. The molecule has 2 aromatic rings. The Kier molecular flexibility index (Phi) is 5.54. The first-order valence-corrected chi connectivity index (χ1v) is 8.95. The Morgan fingerprint density at radius 2 is 1.67 bits per heavy atom. The van der Waals surface area contributed by atoms with Gasteiger partial charge in [0.1, 0.15) is 11.6 Å². The Hall–Kier alpha value is -2.76. The van der Waals surface area contributed by atoms with E-state index in [9.17, 15) is 18.4 Å². The molecule has 2 aromatic carbocycles. The number of nitrogens with one attached hydrogen (secondary N) is 1. The number of carbonyl (C=O) groups excluding carboxylic acids is 2. The Labute approximate surface area is 156 Å². The lowest BCUT2D eigenvalue weighted by Gasteiger charge is -2.29. The zero-order chi connectivity index (χ0) is 19.4. The first kappa shape index (κ1) is 19.0. The minimum atomic E-state index is -1.06. The van der Waals surface area contributed by atoms with Crippen LogP contribution in [0, 0.1) is 11.6 Å². The van der Waals surface area contributed by atoms with E-state index < -0.39 is 35.0 Å². The molecule has 0 radical (unpaired) electrons. The van der Waals surface area contributed by atoms with Crippen LogP contribution in [0.25, 0.3) is 0 Å². The lowest BCUT2D eigenvalue weighted by Crippen LogP contribution is -2.40. The molecule has 0 spiro atoms. The molecule has 1 N–H and O–H groups in total. The van der Waals surface area contributed by atoms with Gasteiger partial charge in [-0.15, -0.1) is 0 Å². The second kappa shape index (κ2) is 7.86. The number of carbonyl (C=O) groups is 2. The number of ether oxygens (including phenoxy) is 1. The molecule has 1 amide bonds. The molecule has 1 atom stereocenters. The second-order valence-corrected chi connectivity index (χ2v) is 6.81. The van der Waals surface area contributed by atoms with Gasteiger partial charge in [0.15, 0.2) is 6.10 Å². The number of hydrogen-bond donors (Lipinski definition) is 1. The number of halogens is 2. The summed E-state index contributed by atoms with van der Waals surface area (Å²) >= 11 is 0. The van der Waals surface area contributed by atoms with Gasteiger partial charge in [-0.3, -0.25) is 9.59 Å². The molecule has 1 fully saturated rings. The number of benzene rings is 2. The number of amides is 1. The molecule has 3 rings (SSSR count). The molecule has 0 unspecified atom stereocenters. The predicted octanol–water partition coefficient (Wildman–Crippen LogP) is 4.35. The summed E-state index contributed by atoms with van der Waals surface area (Å²) in [6.07, 6.45) is 1.49. The van der Waals surface area contributed by atoms with Crippen molar-refractivity contribution in [1.82, 2.24) is 0 Å². The summed E-state index contributed by atoms with van der Waals surface area (Å²) in [4.78, 5) is 25.2. The average molecular weight is 373 g/mol. The molecule has 142 valence electrons. The van der Waals surface area contributed by atoms with E-state index in [1.807, 2.05) is 0 Å². The van der Waals surface area contributed by atoms with E-state index in [-0.39, 0.29) is 0 Å². The fourth-order valence-electron chi connectivity index (χ4n) is 3.52. The van der Waals surface area contributed by atoms with E-state index in [0.717, 1.165) is 12.8 Å². The third-order valence-electron chi connectivity index (χ3n) is 5.00. The Morgan fingerprint density at radius 1 is 1.04 bits per heavy atom. The van der Waals surface area contributed by atoms with E-state index in [0.29, 0.717) is 24.1 Å². The summed E-state index contributed by atoms with van der Waals surface area (Å²) in [5.41, 5.74) is -0.344. The minimum Gasteiger partial charge on any atom is -0.452 e. The standard InChI is InChI=1S/C21H21F2NO3/c1-14(19(25)24-16-10-8-15(22)9-11-16)27-20(26)21(12-4-5-13-21)17-6-2-3-7-18(17)23/h2-3,6-11,14H,4-5,12-13H2,1H3,(H,24,25)/t14-/m0/s1. The van der Waals surface area contributed by atoms with Crippen LogP contribution in [0.4, 0.5) is 14.5 Å². The van der Waals surface area contributed by atoms with Crippen molar-refractivity contribution in [3.05, 3.63) is 65.7 Å². The molecule has 0 aromatic heterocycles. The third-order valence-corrected chi connectivity index (χ3v) is 5.00. The van der Waals surface area contributed by atoms with Crippen molar-refractivity contribution in [1.29, 1.82) is 0 Å². The summed E-state index contributed by atoms with van der Waals surface area (Å²) in [5, 5.41) is 2.57.